The highest BCUT2D eigenvalue weighted by molar-refractivity contribution is 8.13. The Labute approximate surface area is 126 Å². The second-order valence-electron chi connectivity index (χ2n) is 5.21. The number of rotatable bonds is 13. The Kier molecular flexibility index (Phi) is 13.1. The largest absolute Gasteiger partial charge is 0.480 e. The van der Waals surface area contributed by atoms with E-state index in [9.17, 15) is 9.59 Å². The summed E-state index contributed by atoms with van der Waals surface area (Å²) in [6, 6.07) is -0.938. The van der Waals surface area contributed by atoms with E-state index < -0.39 is 12.0 Å². The monoisotopic (exact) mass is 303 g/mol. The van der Waals surface area contributed by atoms with Crippen molar-refractivity contribution in [3.63, 3.8) is 0 Å². The highest BCUT2D eigenvalue weighted by Gasteiger charge is 2.13. The molecule has 0 bridgehead atoms. The van der Waals surface area contributed by atoms with Crippen LogP contribution in [0.4, 0.5) is 0 Å². The second kappa shape index (κ2) is 13.4. The van der Waals surface area contributed by atoms with Crippen LogP contribution in [0.15, 0.2) is 0 Å². The number of unbranched alkanes of at least 4 members (excludes halogenated alkanes) is 8. The molecule has 0 aromatic heterocycles. The Bertz CT molecular complexity index is 272. The van der Waals surface area contributed by atoms with E-state index in [1.54, 1.807) is 0 Å². The van der Waals surface area contributed by atoms with Crippen LogP contribution in [-0.4, -0.2) is 28.0 Å². The van der Waals surface area contributed by atoms with Crippen molar-refractivity contribution in [1.29, 1.82) is 0 Å². The molecule has 0 unspecified atom stereocenters. The SMILES string of the molecule is CCCCCCCCCCCC(=O)SC[C@H](N)C(=O)O. The first-order valence-corrected chi connectivity index (χ1v) is 8.70. The number of aliphatic carboxylic acids is 1. The molecule has 0 radical (unpaired) electrons. The number of nitrogens with two attached hydrogens (primary N) is 1. The second-order valence-corrected chi connectivity index (χ2v) is 6.28. The lowest BCUT2D eigenvalue weighted by Gasteiger charge is -2.05. The average molecular weight is 303 g/mol. The van der Waals surface area contributed by atoms with Gasteiger partial charge in [0.15, 0.2) is 5.12 Å². The highest BCUT2D eigenvalue weighted by Crippen LogP contribution is 2.13. The first-order valence-electron chi connectivity index (χ1n) is 7.72. The number of carbonyl (C=O) groups is 2. The van der Waals surface area contributed by atoms with Gasteiger partial charge in [0.05, 0.1) is 0 Å². The molecule has 0 aromatic rings. The van der Waals surface area contributed by atoms with Crippen molar-refractivity contribution in [2.75, 3.05) is 5.75 Å². The number of thioether (sulfide) groups is 1. The van der Waals surface area contributed by atoms with Gasteiger partial charge in [0.25, 0.3) is 0 Å². The zero-order valence-electron chi connectivity index (χ0n) is 12.6. The van der Waals surface area contributed by atoms with Crippen LogP contribution in [0.5, 0.6) is 0 Å². The van der Waals surface area contributed by atoms with E-state index in [2.05, 4.69) is 6.92 Å². The van der Waals surface area contributed by atoms with Crippen molar-refractivity contribution in [2.45, 2.75) is 77.2 Å². The van der Waals surface area contributed by atoms with Crippen LogP contribution in [0.1, 0.15) is 71.1 Å². The summed E-state index contributed by atoms with van der Waals surface area (Å²) >= 11 is 1.05. The molecule has 1 atom stereocenters. The molecule has 0 aromatic carbocycles. The van der Waals surface area contributed by atoms with Crippen molar-refractivity contribution < 1.29 is 14.7 Å². The molecule has 4 nitrogen and oxygen atoms in total. The lowest BCUT2D eigenvalue weighted by atomic mass is 10.1. The summed E-state index contributed by atoms with van der Waals surface area (Å²) < 4.78 is 0. The van der Waals surface area contributed by atoms with Crippen molar-refractivity contribution >= 4 is 22.8 Å². The standard InChI is InChI=1S/C15H29NO3S/c1-2-3-4-5-6-7-8-9-10-11-14(17)20-12-13(16)15(18)19/h13H,2-12,16H2,1H3,(H,18,19)/t13-/m0/s1. The third-order valence-electron chi connectivity index (χ3n) is 3.23. The number of carboxylic acids is 1. The molecule has 0 amide bonds. The van der Waals surface area contributed by atoms with Gasteiger partial charge in [-0.25, -0.2) is 0 Å². The topological polar surface area (TPSA) is 80.4 Å². The smallest absolute Gasteiger partial charge is 0.321 e. The molecular formula is C15H29NO3S. The fourth-order valence-electron chi connectivity index (χ4n) is 1.91. The molecule has 0 saturated heterocycles. The molecule has 0 heterocycles. The molecule has 118 valence electrons. The Morgan fingerprint density at radius 2 is 1.50 bits per heavy atom. The van der Waals surface area contributed by atoms with Gasteiger partial charge in [0.1, 0.15) is 6.04 Å². The van der Waals surface area contributed by atoms with Crippen LogP contribution in [0.3, 0.4) is 0 Å². The molecule has 3 N–H and O–H groups in total. The fourth-order valence-corrected chi connectivity index (χ4v) is 2.70. The Morgan fingerprint density at radius 1 is 1.00 bits per heavy atom. The lowest BCUT2D eigenvalue weighted by Crippen LogP contribution is -2.32. The number of hydrogen-bond acceptors (Lipinski definition) is 4. The summed E-state index contributed by atoms with van der Waals surface area (Å²) in [7, 11) is 0. The lowest BCUT2D eigenvalue weighted by molar-refractivity contribution is -0.137. The summed E-state index contributed by atoms with van der Waals surface area (Å²) in [4.78, 5) is 22.0. The zero-order chi connectivity index (χ0) is 15.2. The van der Waals surface area contributed by atoms with E-state index in [0.717, 1.165) is 24.6 Å². The van der Waals surface area contributed by atoms with E-state index >= 15 is 0 Å². The first-order chi connectivity index (χ1) is 9.57. The fraction of sp³-hybridized carbons (Fsp3) is 0.867. The van der Waals surface area contributed by atoms with Gasteiger partial charge >= 0.3 is 5.97 Å². The average Bonchev–Trinajstić information content (AvgIpc) is 2.42. The molecule has 0 spiro atoms. The van der Waals surface area contributed by atoms with Crippen LogP contribution in [-0.2, 0) is 9.59 Å². The summed E-state index contributed by atoms with van der Waals surface area (Å²) in [6.07, 6.45) is 11.6. The first kappa shape index (κ1) is 19.4. The number of hydrogen-bond donors (Lipinski definition) is 2. The Morgan fingerprint density at radius 3 is 2.00 bits per heavy atom. The minimum Gasteiger partial charge on any atom is -0.480 e. The van der Waals surface area contributed by atoms with E-state index in [-0.39, 0.29) is 10.9 Å². The Hall–Kier alpha value is -0.550. The molecule has 0 aliphatic heterocycles. The van der Waals surface area contributed by atoms with E-state index in [1.165, 1.54) is 44.9 Å². The van der Waals surface area contributed by atoms with E-state index in [0.29, 0.717) is 6.42 Å². The van der Waals surface area contributed by atoms with Crippen molar-refractivity contribution in [3.8, 4) is 0 Å². The molecule has 0 aliphatic carbocycles. The molecule has 5 heteroatoms. The van der Waals surface area contributed by atoms with Gasteiger partial charge in [-0.1, -0.05) is 70.1 Å². The molecule has 20 heavy (non-hydrogen) atoms. The van der Waals surface area contributed by atoms with Crippen LogP contribution in [0.25, 0.3) is 0 Å². The predicted molar refractivity (Wildman–Crippen MR) is 84.9 cm³/mol. The van der Waals surface area contributed by atoms with Crippen LogP contribution >= 0.6 is 11.8 Å². The van der Waals surface area contributed by atoms with Gasteiger partial charge in [-0.05, 0) is 6.42 Å². The van der Waals surface area contributed by atoms with Gasteiger partial charge in [-0.2, -0.15) is 0 Å². The van der Waals surface area contributed by atoms with Crippen LogP contribution in [0.2, 0.25) is 0 Å². The minimum atomic E-state index is -1.05. The number of carbonyl (C=O) groups excluding carboxylic acids is 1. The third-order valence-corrected chi connectivity index (χ3v) is 4.28. The van der Waals surface area contributed by atoms with Crippen molar-refractivity contribution in [1.82, 2.24) is 0 Å². The van der Waals surface area contributed by atoms with Crippen LogP contribution in [0, 0.1) is 0 Å². The van der Waals surface area contributed by atoms with Gasteiger partial charge in [0.2, 0.25) is 0 Å². The van der Waals surface area contributed by atoms with Gasteiger partial charge in [-0.3, -0.25) is 9.59 Å². The predicted octanol–water partition coefficient (Wildman–Crippen LogP) is 3.58. The van der Waals surface area contributed by atoms with Gasteiger partial charge in [-0.15, -0.1) is 0 Å². The third kappa shape index (κ3) is 12.5. The Balaban J connectivity index is 3.29. The van der Waals surface area contributed by atoms with E-state index in [1.807, 2.05) is 0 Å². The minimum absolute atomic E-state index is 0.0599. The summed E-state index contributed by atoms with van der Waals surface area (Å²) in [5.74, 6) is -0.876. The normalized spacial score (nSPS) is 12.3. The summed E-state index contributed by atoms with van der Waals surface area (Å²) in [5, 5.41) is 8.66. The van der Waals surface area contributed by atoms with Crippen molar-refractivity contribution in [3.05, 3.63) is 0 Å². The highest BCUT2D eigenvalue weighted by atomic mass is 32.2. The van der Waals surface area contributed by atoms with Gasteiger partial charge in [0, 0.05) is 12.2 Å². The maximum Gasteiger partial charge on any atom is 0.321 e. The van der Waals surface area contributed by atoms with Crippen molar-refractivity contribution in [2.24, 2.45) is 5.73 Å². The molecule has 0 rings (SSSR count). The molecule has 0 saturated carbocycles. The number of carboxylic acid groups (broad SMARTS) is 1. The molecule has 0 aliphatic rings. The maximum atomic E-state index is 11.5. The quantitative estimate of drug-likeness (QED) is 0.508. The van der Waals surface area contributed by atoms with Gasteiger partial charge < -0.3 is 10.8 Å². The van der Waals surface area contributed by atoms with E-state index in [4.69, 9.17) is 10.8 Å². The molecular weight excluding hydrogens is 274 g/mol. The molecule has 0 fully saturated rings. The summed E-state index contributed by atoms with van der Waals surface area (Å²) in [5.41, 5.74) is 5.34. The van der Waals surface area contributed by atoms with Crippen LogP contribution < -0.4 is 5.73 Å². The summed E-state index contributed by atoms with van der Waals surface area (Å²) in [6.45, 7) is 2.22. The zero-order valence-corrected chi connectivity index (χ0v) is 13.4. The maximum absolute atomic E-state index is 11.5.